The summed E-state index contributed by atoms with van der Waals surface area (Å²) in [6.45, 7) is 0. The molecular formula is C16H21NO2S. The van der Waals surface area contributed by atoms with Gasteiger partial charge >= 0.3 is 5.97 Å². The first-order valence-electron chi connectivity index (χ1n) is 7.46. The maximum Gasteiger partial charge on any atom is 0.328 e. The zero-order valence-corrected chi connectivity index (χ0v) is 12.4. The number of benzene rings is 1. The lowest BCUT2D eigenvalue weighted by atomic mass is 9.83. The van der Waals surface area contributed by atoms with Crippen molar-refractivity contribution in [2.75, 3.05) is 5.75 Å². The molecule has 1 atom stereocenters. The summed E-state index contributed by atoms with van der Waals surface area (Å²) < 4.78 is 0. The number of carboxylic acids is 1. The summed E-state index contributed by atoms with van der Waals surface area (Å²) >= 11 is 1.77. The number of thioether (sulfide) groups is 1. The minimum atomic E-state index is -0.885. The summed E-state index contributed by atoms with van der Waals surface area (Å²) in [5.41, 5.74) is 0.0680. The fraction of sp³-hybridized carbons (Fsp3) is 0.562. The van der Waals surface area contributed by atoms with Crippen molar-refractivity contribution in [2.24, 2.45) is 0 Å². The molecule has 108 valence electrons. The van der Waals surface area contributed by atoms with Gasteiger partial charge in [-0.05, 0) is 30.9 Å². The van der Waals surface area contributed by atoms with Crippen molar-refractivity contribution in [2.45, 2.75) is 55.0 Å². The summed E-state index contributed by atoms with van der Waals surface area (Å²) in [6.07, 6.45) is 6.58. The molecule has 20 heavy (non-hydrogen) atoms. The van der Waals surface area contributed by atoms with Crippen LogP contribution in [0.1, 0.15) is 44.1 Å². The minimum absolute atomic E-state index is 0.344. The smallest absolute Gasteiger partial charge is 0.328 e. The number of carbonyl (C=O) groups is 1. The molecule has 1 unspecified atom stereocenters. The Bertz CT molecular complexity index is 499. The van der Waals surface area contributed by atoms with E-state index >= 15 is 0 Å². The maximum absolute atomic E-state index is 12.0. The molecule has 0 radical (unpaired) electrons. The molecule has 0 saturated heterocycles. The second-order valence-corrected chi connectivity index (χ2v) is 6.92. The largest absolute Gasteiger partial charge is 0.480 e. The molecule has 3 rings (SSSR count). The molecule has 1 aromatic rings. The van der Waals surface area contributed by atoms with Crippen molar-refractivity contribution < 1.29 is 9.90 Å². The zero-order valence-electron chi connectivity index (χ0n) is 11.6. The van der Waals surface area contributed by atoms with Crippen LogP contribution in [0.4, 0.5) is 0 Å². The number of rotatable bonds is 3. The molecule has 1 saturated carbocycles. The Morgan fingerprint density at radius 2 is 2.00 bits per heavy atom. The highest BCUT2D eigenvalue weighted by Gasteiger charge is 2.45. The summed E-state index contributed by atoms with van der Waals surface area (Å²) in [6, 6.07) is 8.30. The van der Waals surface area contributed by atoms with E-state index in [0.717, 1.165) is 29.1 Å². The van der Waals surface area contributed by atoms with Crippen LogP contribution < -0.4 is 5.32 Å². The summed E-state index contributed by atoms with van der Waals surface area (Å²) in [4.78, 5) is 13.2. The average molecular weight is 291 g/mol. The van der Waals surface area contributed by atoms with Gasteiger partial charge in [-0.25, -0.2) is 4.79 Å². The predicted molar refractivity (Wildman–Crippen MR) is 81.1 cm³/mol. The summed E-state index contributed by atoms with van der Waals surface area (Å²) in [5.74, 6) is 0.138. The monoisotopic (exact) mass is 291 g/mol. The quantitative estimate of drug-likeness (QED) is 0.896. The molecule has 0 bridgehead atoms. The molecule has 1 fully saturated rings. The molecule has 0 spiro atoms. The normalized spacial score (nSPS) is 27.0. The molecule has 0 amide bonds. The Labute approximate surface area is 124 Å². The molecule has 0 aromatic heterocycles. The van der Waals surface area contributed by atoms with E-state index in [1.165, 1.54) is 19.3 Å². The van der Waals surface area contributed by atoms with Crippen LogP contribution in [-0.4, -0.2) is 22.9 Å². The third-order valence-electron chi connectivity index (χ3n) is 4.50. The van der Waals surface area contributed by atoms with Gasteiger partial charge < -0.3 is 5.11 Å². The zero-order chi connectivity index (χ0) is 14.0. The van der Waals surface area contributed by atoms with Crippen molar-refractivity contribution in [3.63, 3.8) is 0 Å². The molecule has 1 aromatic carbocycles. The third kappa shape index (κ3) is 2.47. The Morgan fingerprint density at radius 1 is 1.25 bits per heavy atom. The molecule has 3 nitrogen and oxygen atoms in total. The Morgan fingerprint density at radius 3 is 2.75 bits per heavy atom. The average Bonchev–Trinajstić information content (AvgIpc) is 2.48. The Kier molecular flexibility index (Phi) is 4.03. The molecule has 1 heterocycles. The number of fused-ring (bicyclic) bond motifs is 1. The number of aliphatic carboxylic acids is 1. The maximum atomic E-state index is 12.0. The highest BCUT2D eigenvalue weighted by Crippen LogP contribution is 2.41. The fourth-order valence-electron chi connectivity index (χ4n) is 3.42. The summed E-state index contributed by atoms with van der Waals surface area (Å²) in [7, 11) is 0. The lowest BCUT2D eigenvalue weighted by molar-refractivity contribution is -0.146. The van der Waals surface area contributed by atoms with E-state index in [-0.39, 0.29) is 0 Å². The van der Waals surface area contributed by atoms with Crippen molar-refractivity contribution in [1.82, 2.24) is 5.32 Å². The van der Waals surface area contributed by atoms with Crippen LogP contribution in [0.5, 0.6) is 0 Å². The molecular weight excluding hydrogens is 270 g/mol. The van der Waals surface area contributed by atoms with Gasteiger partial charge in [-0.15, -0.1) is 11.8 Å². The van der Waals surface area contributed by atoms with Crippen LogP contribution in [0.25, 0.3) is 0 Å². The highest BCUT2D eigenvalue weighted by molar-refractivity contribution is 7.99. The van der Waals surface area contributed by atoms with E-state index in [2.05, 4.69) is 5.32 Å². The van der Waals surface area contributed by atoms with Gasteiger partial charge in [0.15, 0.2) is 0 Å². The van der Waals surface area contributed by atoms with Gasteiger partial charge in [0.05, 0.1) is 0 Å². The highest BCUT2D eigenvalue weighted by atomic mass is 32.2. The van der Waals surface area contributed by atoms with Crippen molar-refractivity contribution in [3.8, 4) is 0 Å². The second kappa shape index (κ2) is 5.78. The lowest BCUT2D eigenvalue weighted by Crippen LogP contribution is -2.55. The van der Waals surface area contributed by atoms with Gasteiger partial charge in [0.25, 0.3) is 0 Å². The second-order valence-electron chi connectivity index (χ2n) is 5.78. The number of hydrogen-bond donors (Lipinski definition) is 2. The van der Waals surface area contributed by atoms with Gasteiger partial charge in [0.1, 0.15) is 5.54 Å². The van der Waals surface area contributed by atoms with Crippen LogP contribution in [0.3, 0.4) is 0 Å². The molecule has 2 aliphatic rings. The van der Waals surface area contributed by atoms with Crippen LogP contribution in [0, 0.1) is 0 Å². The van der Waals surface area contributed by atoms with E-state index in [1.54, 1.807) is 11.8 Å². The van der Waals surface area contributed by atoms with Crippen LogP contribution in [0.15, 0.2) is 29.2 Å². The van der Waals surface area contributed by atoms with E-state index in [0.29, 0.717) is 12.5 Å². The van der Waals surface area contributed by atoms with Gasteiger partial charge in [0.2, 0.25) is 0 Å². The minimum Gasteiger partial charge on any atom is -0.480 e. The molecule has 2 N–H and O–H groups in total. The molecule has 1 aliphatic heterocycles. The van der Waals surface area contributed by atoms with Crippen molar-refractivity contribution >= 4 is 17.7 Å². The third-order valence-corrected chi connectivity index (χ3v) is 5.58. The molecule has 4 heteroatoms. The Balaban J connectivity index is 1.94. The first-order chi connectivity index (χ1) is 9.72. The Hall–Kier alpha value is -1.00. The lowest BCUT2D eigenvalue weighted by Gasteiger charge is -2.40. The number of carboxylic acid groups (broad SMARTS) is 1. The predicted octanol–water partition coefficient (Wildman–Crippen LogP) is 3.38. The van der Waals surface area contributed by atoms with E-state index in [9.17, 15) is 9.90 Å². The van der Waals surface area contributed by atoms with Gasteiger partial charge in [0, 0.05) is 16.7 Å². The fourth-order valence-corrected chi connectivity index (χ4v) is 4.62. The van der Waals surface area contributed by atoms with Gasteiger partial charge in [-0.1, -0.05) is 37.5 Å². The SMILES string of the molecule is O=C(O)C1(NC2CCCCC2)CCSc2ccccc21. The first-order valence-corrected chi connectivity index (χ1v) is 8.44. The van der Waals surface area contributed by atoms with E-state index < -0.39 is 11.5 Å². The van der Waals surface area contributed by atoms with Crippen LogP contribution in [0.2, 0.25) is 0 Å². The number of nitrogens with one attached hydrogen (secondary N) is 1. The van der Waals surface area contributed by atoms with Crippen molar-refractivity contribution in [3.05, 3.63) is 29.8 Å². The number of hydrogen-bond acceptors (Lipinski definition) is 3. The first kappa shape index (κ1) is 14.0. The van der Waals surface area contributed by atoms with Crippen molar-refractivity contribution in [1.29, 1.82) is 0 Å². The van der Waals surface area contributed by atoms with Crippen LogP contribution in [-0.2, 0) is 10.3 Å². The standard InChI is InChI=1S/C16H21NO2S/c18-15(19)16(17-12-6-2-1-3-7-12)10-11-20-14-9-5-4-8-13(14)16/h4-5,8-9,12,17H,1-3,6-7,10-11H2,(H,18,19). The summed E-state index contributed by atoms with van der Waals surface area (Å²) in [5, 5.41) is 13.4. The van der Waals surface area contributed by atoms with E-state index in [4.69, 9.17) is 0 Å². The van der Waals surface area contributed by atoms with E-state index in [1.807, 2.05) is 24.3 Å². The van der Waals surface area contributed by atoms with Gasteiger partial charge in [-0.2, -0.15) is 0 Å². The topological polar surface area (TPSA) is 49.3 Å². The van der Waals surface area contributed by atoms with Gasteiger partial charge in [-0.3, -0.25) is 5.32 Å². The molecule has 1 aliphatic carbocycles. The van der Waals surface area contributed by atoms with Crippen LogP contribution >= 0.6 is 11.8 Å².